The Balaban J connectivity index is 3.46. The number of nitrogens with two attached hydrogens (primary N) is 1. The summed E-state index contributed by atoms with van der Waals surface area (Å²) < 4.78 is 0. The van der Waals surface area contributed by atoms with Crippen molar-refractivity contribution in [1.29, 1.82) is 0 Å². The topological polar surface area (TPSA) is 119 Å². The molecular weight excluding hydrogens is 202 g/mol. The van der Waals surface area contributed by atoms with Gasteiger partial charge >= 0.3 is 0 Å². The Bertz CT molecular complexity index is 252. The van der Waals surface area contributed by atoms with Gasteiger partial charge in [0.25, 0.3) is 5.91 Å². The Hall–Kier alpha value is -1.66. The molecule has 0 aromatic rings. The number of nitro groups is 1. The van der Waals surface area contributed by atoms with Crippen LogP contribution in [0.25, 0.3) is 0 Å². The zero-order chi connectivity index (χ0) is 11.7. The summed E-state index contributed by atoms with van der Waals surface area (Å²) in [6.07, 6.45) is 2.94. The fourth-order valence-electron chi connectivity index (χ4n) is 1.11. The van der Waals surface area contributed by atoms with Gasteiger partial charge in [0.2, 0.25) is 6.54 Å². The van der Waals surface area contributed by atoms with Crippen LogP contribution in [0.15, 0.2) is 5.16 Å². The van der Waals surface area contributed by atoms with E-state index in [0.717, 1.165) is 12.8 Å². The molecule has 0 spiro atoms. The van der Waals surface area contributed by atoms with Crippen LogP contribution in [-0.2, 0) is 4.79 Å². The summed E-state index contributed by atoms with van der Waals surface area (Å²) in [5, 5.41) is 21.1. The highest BCUT2D eigenvalue weighted by Gasteiger charge is 2.06. The van der Waals surface area contributed by atoms with Gasteiger partial charge in [-0.05, 0) is 19.3 Å². The zero-order valence-corrected chi connectivity index (χ0v) is 8.39. The number of oxime groups is 1. The molecule has 0 unspecified atom stereocenters. The first-order valence-corrected chi connectivity index (χ1v) is 4.70. The molecule has 3 N–H and O–H groups in total. The SMILES string of the molecule is NC(=O)C(CCCCCC[N+](=O)[O-])=NO. The average molecular weight is 217 g/mol. The summed E-state index contributed by atoms with van der Waals surface area (Å²) in [5.74, 6) is -0.734. The zero-order valence-electron chi connectivity index (χ0n) is 8.39. The highest BCUT2D eigenvalue weighted by atomic mass is 16.6. The van der Waals surface area contributed by atoms with Crippen LogP contribution >= 0.6 is 0 Å². The highest BCUT2D eigenvalue weighted by molar-refractivity contribution is 6.38. The van der Waals surface area contributed by atoms with Crippen molar-refractivity contribution in [2.45, 2.75) is 32.1 Å². The number of nitrogens with zero attached hydrogens (tertiary/aromatic N) is 2. The van der Waals surface area contributed by atoms with Crippen molar-refractivity contribution in [3.63, 3.8) is 0 Å². The molecule has 0 aromatic heterocycles. The normalized spacial score (nSPS) is 11.3. The van der Waals surface area contributed by atoms with Gasteiger partial charge in [0, 0.05) is 11.3 Å². The van der Waals surface area contributed by atoms with Gasteiger partial charge in [-0.25, -0.2) is 0 Å². The van der Waals surface area contributed by atoms with Crippen LogP contribution < -0.4 is 5.73 Å². The van der Waals surface area contributed by atoms with Crippen LogP contribution in [0.3, 0.4) is 0 Å². The minimum absolute atomic E-state index is 0.0310. The van der Waals surface area contributed by atoms with E-state index in [1.54, 1.807) is 0 Å². The van der Waals surface area contributed by atoms with Crippen LogP contribution in [0.1, 0.15) is 32.1 Å². The van der Waals surface area contributed by atoms with Crippen LogP contribution in [0.4, 0.5) is 0 Å². The maximum Gasteiger partial charge on any atom is 0.266 e. The Labute approximate surface area is 87.1 Å². The summed E-state index contributed by atoms with van der Waals surface area (Å²) in [5.41, 5.74) is 4.86. The van der Waals surface area contributed by atoms with Crippen molar-refractivity contribution < 1.29 is 14.9 Å². The third-order valence-electron chi connectivity index (χ3n) is 1.91. The second-order valence-electron chi connectivity index (χ2n) is 3.13. The lowest BCUT2D eigenvalue weighted by Gasteiger charge is -1.99. The first kappa shape index (κ1) is 13.3. The second-order valence-corrected chi connectivity index (χ2v) is 3.13. The molecule has 7 nitrogen and oxygen atoms in total. The number of hydrogen-bond acceptors (Lipinski definition) is 5. The van der Waals surface area contributed by atoms with E-state index in [2.05, 4.69) is 5.16 Å². The van der Waals surface area contributed by atoms with Crippen LogP contribution in [0.2, 0.25) is 0 Å². The van der Waals surface area contributed by atoms with Crippen molar-refractivity contribution in [1.82, 2.24) is 0 Å². The van der Waals surface area contributed by atoms with Gasteiger partial charge in [0.05, 0.1) is 0 Å². The van der Waals surface area contributed by atoms with E-state index in [9.17, 15) is 14.9 Å². The number of amides is 1. The molecule has 0 bridgehead atoms. The number of carbonyl (C=O) groups excluding carboxylic acids is 1. The van der Waals surface area contributed by atoms with Gasteiger partial charge in [-0.1, -0.05) is 11.6 Å². The molecule has 0 aromatic carbocycles. The summed E-state index contributed by atoms with van der Waals surface area (Å²) in [6, 6.07) is 0. The molecule has 0 aliphatic rings. The monoisotopic (exact) mass is 217 g/mol. The summed E-state index contributed by atoms with van der Waals surface area (Å²) >= 11 is 0. The van der Waals surface area contributed by atoms with Crippen molar-refractivity contribution in [2.75, 3.05) is 6.54 Å². The van der Waals surface area contributed by atoms with Gasteiger partial charge in [-0.15, -0.1) is 0 Å². The van der Waals surface area contributed by atoms with E-state index in [1.165, 1.54) is 0 Å². The molecule has 0 aliphatic carbocycles. The molecule has 0 radical (unpaired) electrons. The van der Waals surface area contributed by atoms with Crippen LogP contribution in [-0.4, -0.2) is 28.3 Å². The summed E-state index contributed by atoms with van der Waals surface area (Å²) in [4.78, 5) is 20.2. The van der Waals surface area contributed by atoms with Crippen LogP contribution in [0, 0.1) is 10.1 Å². The minimum Gasteiger partial charge on any atom is -0.410 e. The molecule has 7 heteroatoms. The van der Waals surface area contributed by atoms with E-state index in [4.69, 9.17) is 10.9 Å². The van der Waals surface area contributed by atoms with Gasteiger partial charge < -0.3 is 10.9 Å². The molecule has 0 fully saturated rings. The quantitative estimate of drug-likeness (QED) is 0.202. The Morgan fingerprint density at radius 3 is 2.40 bits per heavy atom. The maximum atomic E-state index is 10.6. The predicted molar refractivity (Wildman–Crippen MR) is 53.4 cm³/mol. The molecule has 1 amide bonds. The van der Waals surface area contributed by atoms with Gasteiger partial charge in [0.1, 0.15) is 5.71 Å². The van der Waals surface area contributed by atoms with Gasteiger partial charge in [-0.3, -0.25) is 14.9 Å². The van der Waals surface area contributed by atoms with Gasteiger partial charge in [0.15, 0.2) is 0 Å². The molecule has 0 rings (SSSR count). The van der Waals surface area contributed by atoms with Crippen LogP contribution in [0.5, 0.6) is 0 Å². The molecule has 0 saturated carbocycles. The predicted octanol–water partition coefficient (Wildman–Crippen LogP) is 0.529. The van der Waals surface area contributed by atoms with E-state index in [1.807, 2.05) is 0 Å². The van der Waals surface area contributed by atoms with Crippen molar-refractivity contribution in [2.24, 2.45) is 10.9 Å². The fraction of sp³-hybridized carbons (Fsp3) is 0.750. The minimum atomic E-state index is -0.734. The first-order valence-electron chi connectivity index (χ1n) is 4.70. The smallest absolute Gasteiger partial charge is 0.266 e. The van der Waals surface area contributed by atoms with E-state index in [-0.39, 0.29) is 17.2 Å². The molecule has 0 atom stereocenters. The molecule has 15 heavy (non-hydrogen) atoms. The van der Waals surface area contributed by atoms with Crippen molar-refractivity contribution in [3.8, 4) is 0 Å². The number of hydrogen-bond donors (Lipinski definition) is 2. The Kier molecular flexibility index (Phi) is 6.86. The standard InChI is InChI=1S/C8H15N3O4/c9-8(12)7(10-13)5-3-1-2-4-6-11(14)15/h13H,1-6H2,(H2,9,12). The van der Waals surface area contributed by atoms with Crippen molar-refractivity contribution in [3.05, 3.63) is 10.1 Å². The number of carbonyl (C=O) groups is 1. The summed E-state index contributed by atoms with van der Waals surface area (Å²) in [7, 11) is 0. The second kappa shape index (κ2) is 7.72. The van der Waals surface area contributed by atoms with E-state index in [0.29, 0.717) is 19.3 Å². The lowest BCUT2D eigenvalue weighted by molar-refractivity contribution is -0.480. The fourth-order valence-corrected chi connectivity index (χ4v) is 1.11. The molecule has 0 heterocycles. The number of unbranched alkanes of at least 4 members (excludes halogenated alkanes) is 3. The largest absolute Gasteiger partial charge is 0.410 e. The van der Waals surface area contributed by atoms with Gasteiger partial charge in [-0.2, -0.15) is 0 Å². The molecule has 86 valence electrons. The Morgan fingerprint density at radius 1 is 1.33 bits per heavy atom. The molecule has 0 saturated heterocycles. The number of primary amides is 1. The lowest BCUT2D eigenvalue weighted by atomic mass is 10.1. The van der Waals surface area contributed by atoms with Crippen molar-refractivity contribution >= 4 is 11.6 Å². The third kappa shape index (κ3) is 7.41. The van der Waals surface area contributed by atoms with E-state index >= 15 is 0 Å². The number of rotatable bonds is 8. The maximum absolute atomic E-state index is 10.6. The Morgan fingerprint density at radius 2 is 1.93 bits per heavy atom. The molecular formula is C8H15N3O4. The highest BCUT2D eigenvalue weighted by Crippen LogP contribution is 2.04. The lowest BCUT2D eigenvalue weighted by Crippen LogP contribution is -2.23. The first-order chi connectivity index (χ1) is 7.07. The molecule has 0 aliphatic heterocycles. The third-order valence-corrected chi connectivity index (χ3v) is 1.91. The summed E-state index contributed by atoms with van der Waals surface area (Å²) in [6.45, 7) is -0.0310. The van der Waals surface area contributed by atoms with E-state index < -0.39 is 5.91 Å². The average Bonchev–Trinajstić information content (AvgIpc) is 2.15.